The molecule has 0 bridgehead atoms. The van der Waals surface area contributed by atoms with Gasteiger partial charge in [0.05, 0.1) is 5.92 Å². The van der Waals surface area contributed by atoms with Crippen LogP contribution in [0.15, 0.2) is 0 Å². The highest BCUT2D eigenvalue weighted by atomic mass is 35.5. The van der Waals surface area contributed by atoms with E-state index in [0.29, 0.717) is 6.42 Å². The maximum atomic E-state index is 10.6. The van der Waals surface area contributed by atoms with Crippen LogP contribution in [-0.2, 0) is 9.59 Å². The lowest BCUT2D eigenvalue weighted by molar-refractivity contribution is -0.141. The number of hydrogen-bond acceptors (Lipinski definition) is 2. The smallest absolute Gasteiger partial charge is 0.306 e. The Labute approximate surface area is 140 Å². The number of aliphatic carboxylic acids is 2. The van der Waals surface area contributed by atoms with Crippen molar-refractivity contribution in [2.75, 3.05) is 0 Å². The summed E-state index contributed by atoms with van der Waals surface area (Å²) in [5.41, 5.74) is 0. The van der Waals surface area contributed by atoms with Gasteiger partial charge in [-0.1, -0.05) is 58.3 Å². The standard InChI is InChI=1S/C15H28O4.2ClH/c1-13(15(18)19)11-9-7-5-3-2-4-6-8-10-12-14(16)17;;/h13H,2-12H2,1H3,(H,16,17)(H,18,19);2*1H. The molecule has 21 heavy (non-hydrogen) atoms. The van der Waals surface area contributed by atoms with Crippen molar-refractivity contribution < 1.29 is 19.8 Å². The molecule has 0 amide bonds. The van der Waals surface area contributed by atoms with Gasteiger partial charge in [-0.15, -0.1) is 24.8 Å². The number of carboxylic acids is 2. The second-order valence-corrected chi connectivity index (χ2v) is 5.35. The van der Waals surface area contributed by atoms with Gasteiger partial charge < -0.3 is 10.2 Å². The maximum Gasteiger partial charge on any atom is 0.306 e. The second kappa shape index (κ2) is 17.6. The third kappa shape index (κ3) is 19.5. The van der Waals surface area contributed by atoms with Crippen molar-refractivity contribution in [2.24, 2.45) is 5.92 Å². The lowest BCUT2D eigenvalue weighted by atomic mass is 10.0. The lowest BCUT2D eigenvalue weighted by Gasteiger charge is -2.05. The van der Waals surface area contributed by atoms with E-state index in [2.05, 4.69) is 0 Å². The fourth-order valence-electron chi connectivity index (χ4n) is 2.09. The maximum absolute atomic E-state index is 10.6. The Kier molecular flexibility index (Phi) is 21.3. The predicted octanol–water partition coefficient (Wildman–Crippen LogP) is 4.93. The quantitative estimate of drug-likeness (QED) is 0.464. The highest BCUT2D eigenvalue weighted by Crippen LogP contribution is 2.13. The van der Waals surface area contributed by atoms with Crippen molar-refractivity contribution in [1.82, 2.24) is 0 Å². The first kappa shape index (κ1) is 25.5. The molecule has 0 radical (unpaired) electrons. The van der Waals surface area contributed by atoms with Gasteiger partial charge in [0.25, 0.3) is 0 Å². The van der Waals surface area contributed by atoms with Crippen LogP contribution in [0.4, 0.5) is 0 Å². The van der Waals surface area contributed by atoms with E-state index in [9.17, 15) is 9.59 Å². The van der Waals surface area contributed by atoms with Gasteiger partial charge in [-0.3, -0.25) is 9.59 Å². The van der Waals surface area contributed by atoms with Crippen LogP contribution in [0.2, 0.25) is 0 Å². The highest BCUT2D eigenvalue weighted by molar-refractivity contribution is 5.85. The summed E-state index contributed by atoms with van der Waals surface area (Å²) in [5, 5.41) is 17.2. The van der Waals surface area contributed by atoms with Crippen molar-refractivity contribution in [3.63, 3.8) is 0 Å². The van der Waals surface area contributed by atoms with Crippen molar-refractivity contribution in [2.45, 2.75) is 77.6 Å². The third-order valence-corrected chi connectivity index (χ3v) is 3.45. The molecule has 0 aliphatic carbocycles. The summed E-state index contributed by atoms with van der Waals surface area (Å²) < 4.78 is 0. The molecule has 6 heteroatoms. The normalized spacial score (nSPS) is 11.1. The Hall–Kier alpha value is -0.480. The van der Waals surface area contributed by atoms with Crippen LogP contribution >= 0.6 is 24.8 Å². The highest BCUT2D eigenvalue weighted by Gasteiger charge is 2.09. The van der Waals surface area contributed by atoms with Gasteiger partial charge in [0.1, 0.15) is 0 Å². The minimum absolute atomic E-state index is 0. The molecule has 1 atom stereocenters. The van der Waals surface area contributed by atoms with E-state index in [1.54, 1.807) is 6.92 Å². The molecular formula is C15H30Cl2O4. The van der Waals surface area contributed by atoms with Crippen molar-refractivity contribution in [3.8, 4) is 0 Å². The van der Waals surface area contributed by atoms with Gasteiger partial charge in [0.15, 0.2) is 0 Å². The molecule has 0 aliphatic rings. The first-order valence-electron chi connectivity index (χ1n) is 7.48. The second-order valence-electron chi connectivity index (χ2n) is 5.35. The summed E-state index contributed by atoms with van der Waals surface area (Å²) in [7, 11) is 0. The van der Waals surface area contributed by atoms with E-state index in [1.165, 1.54) is 25.7 Å². The van der Waals surface area contributed by atoms with Gasteiger partial charge in [-0.2, -0.15) is 0 Å². The summed E-state index contributed by atoms with van der Waals surface area (Å²) in [6.45, 7) is 1.76. The van der Waals surface area contributed by atoms with E-state index < -0.39 is 11.9 Å². The molecule has 2 N–H and O–H groups in total. The summed E-state index contributed by atoms with van der Waals surface area (Å²) in [4.78, 5) is 20.9. The summed E-state index contributed by atoms with van der Waals surface area (Å²) in [6, 6.07) is 0. The zero-order valence-electron chi connectivity index (χ0n) is 12.9. The van der Waals surface area contributed by atoms with Crippen LogP contribution in [0, 0.1) is 5.92 Å². The first-order valence-corrected chi connectivity index (χ1v) is 7.48. The number of rotatable bonds is 13. The Morgan fingerprint density at radius 1 is 0.762 bits per heavy atom. The number of hydrogen-bond donors (Lipinski definition) is 2. The summed E-state index contributed by atoms with van der Waals surface area (Å²) in [5.74, 6) is -1.61. The zero-order valence-corrected chi connectivity index (χ0v) is 14.5. The monoisotopic (exact) mass is 344 g/mol. The Balaban J connectivity index is -0.00000162. The van der Waals surface area contributed by atoms with Crippen molar-refractivity contribution in [3.05, 3.63) is 0 Å². The number of carbonyl (C=O) groups is 2. The SMILES string of the molecule is CC(CCCCCCCCCCCC(=O)O)C(=O)O.Cl.Cl. The molecule has 0 rings (SSSR count). The Morgan fingerprint density at radius 3 is 1.52 bits per heavy atom. The predicted molar refractivity (Wildman–Crippen MR) is 89.7 cm³/mol. The molecule has 0 saturated carbocycles. The first-order chi connectivity index (χ1) is 9.04. The van der Waals surface area contributed by atoms with Crippen molar-refractivity contribution >= 4 is 36.8 Å². The molecule has 0 heterocycles. The topological polar surface area (TPSA) is 74.6 Å². The molecule has 0 aromatic carbocycles. The lowest BCUT2D eigenvalue weighted by Crippen LogP contribution is -2.08. The number of unbranched alkanes of at least 4 members (excludes halogenated alkanes) is 8. The van der Waals surface area contributed by atoms with Gasteiger partial charge in [-0.25, -0.2) is 0 Å². The van der Waals surface area contributed by atoms with Crippen LogP contribution in [0.5, 0.6) is 0 Å². The molecule has 0 aromatic heterocycles. The van der Waals surface area contributed by atoms with Gasteiger partial charge in [0, 0.05) is 6.42 Å². The molecule has 128 valence electrons. The van der Waals surface area contributed by atoms with Crippen LogP contribution in [0.25, 0.3) is 0 Å². The average Bonchev–Trinajstić information content (AvgIpc) is 2.35. The van der Waals surface area contributed by atoms with E-state index in [4.69, 9.17) is 10.2 Å². The van der Waals surface area contributed by atoms with Crippen LogP contribution in [0.3, 0.4) is 0 Å². The van der Waals surface area contributed by atoms with E-state index in [0.717, 1.165) is 38.5 Å². The van der Waals surface area contributed by atoms with Crippen LogP contribution in [-0.4, -0.2) is 22.2 Å². The molecule has 0 spiro atoms. The minimum atomic E-state index is -0.699. The van der Waals surface area contributed by atoms with Crippen LogP contribution < -0.4 is 0 Å². The number of carboxylic acid groups (broad SMARTS) is 2. The van der Waals surface area contributed by atoms with Crippen LogP contribution in [0.1, 0.15) is 77.6 Å². The fourth-order valence-corrected chi connectivity index (χ4v) is 2.09. The van der Waals surface area contributed by atoms with Gasteiger partial charge in [-0.05, 0) is 12.8 Å². The van der Waals surface area contributed by atoms with Gasteiger partial charge >= 0.3 is 11.9 Å². The third-order valence-electron chi connectivity index (χ3n) is 3.45. The number of halogens is 2. The largest absolute Gasteiger partial charge is 0.481 e. The molecule has 1 unspecified atom stereocenters. The van der Waals surface area contributed by atoms with E-state index in [-0.39, 0.29) is 30.7 Å². The molecule has 4 nitrogen and oxygen atoms in total. The van der Waals surface area contributed by atoms with E-state index >= 15 is 0 Å². The van der Waals surface area contributed by atoms with E-state index in [1.807, 2.05) is 0 Å². The fraction of sp³-hybridized carbons (Fsp3) is 0.867. The Bertz CT molecular complexity index is 260. The Morgan fingerprint density at radius 2 is 1.14 bits per heavy atom. The molecule has 0 fully saturated rings. The average molecular weight is 345 g/mol. The molecule has 0 aromatic rings. The minimum Gasteiger partial charge on any atom is -0.481 e. The van der Waals surface area contributed by atoms with Crippen molar-refractivity contribution in [1.29, 1.82) is 0 Å². The molecule has 0 aliphatic heterocycles. The summed E-state index contributed by atoms with van der Waals surface area (Å²) in [6.07, 6.45) is 10.9. The molecular weight excluding hydrogens is 315 g/mol. The zero-order chi connectivity index (χ0) is 14.5. The van der Waals surface area contributed by atoms with Gasteiger partial charge in [0.2, 0.25) is 0 Å². The summed E-state index contributed by atoms with van der Waals surface area (Å²) >= 11 is 0. The molecule has 0 saturated heterocycles.